The van der Waals surface area contributed by atoms with Gasteiger partial charge in [-0.3, -0.25) is 0 Å². The summed E-state index contributed by atoms with van der Waals surface area (Å²) in [4.78, 5) is 22.8. The van der Waals surface area contributed by atoms with E-state index in [4.69, 9.17) is 4.74 Å². The van der Waals surface area contributed by atoms with Crippen molar-refractivity contribution >= 4 is 11.8 Å². The van der Waals surface area contributed by atoms with Crippen LogP contribution in [-0.2, 0) is 11.2 Å². The van der Waals surface area contributed by atoms with Crippen LogP contribution in [0.4, 0.5) is 0 Å². The zero-order valence-electron chi connectivity index (χ0n) is 11.3. The van der Waals surface area contributed by atoms with E-state index < -0.39 is 0 Å². The molecule has 102 valence electrons. The second-order valence-corrected chi connectivity index (χ2v) is 4.60. The zero-order valence-corrected chi connectivity index (χ0v) is 11.3. The molecule has 0 N–H and O–H groups in total. The average molecular weight is 268 g/mol. The van der Waals surface area contributed by atoms with Gasteiger partial charge < -0.3 is 9.53 Å². The molecule has 0 radical (unpaired) electrons. The number of hydrogen-bond donors (Lipinski definition) is 0. The third-order valence-electron chi connectivity index (χ3n) is 2.91. The Kier molecular flexibility index (Phi) is 4.66. The van der Waals surface area contributed by atoms with Gasteiger partial charge in [0.25, 0.3) is 0 Å². The number of rotatable bonds is 5. The highest BCUT2D eigenvalue weighted by atomic mass is 16.5. The molecule has 20 heavy (non-hydrogen) atoms. The summed E-state index contributed by atoms with van der Waals surface area (Å²) in [5.41, 5.74) is 1.58. The summed E-state index contributed by atoms with van der Waals surface area (Å²) in [6.45, 7) is 1.58. The minimum absolute atomic E-state index is 0.171. The second kappa shape index (κ2) is 6.66. The molecule has 0 atom stereocenters. The van der Waals surface area contributed by atoms with Crippen LogP contribution in [0.25, 0.3) is 0 Å². The lowest BCUT2D eigenvalue weighted by Gasteiger charge is -2.05. The Morgan fingerprint density at radius 2 is 1.60 bits per heavy atom. The molecule has 0 aliphatic rings. The van der Waals surface area contributed by atoms with E-state index in [-0.39, 0.29) is 11.8 Å². The van der Waals surface area contributed by atoms with Crippen molar-refractivity contribution in [1.29, 1.82) is 0 Å². The summed E-state index contributed by atoms with van der Waals surface area (Å²) < 4.78 is 5.28. The van der Waals surface area contributed by atoms with E-state index in [9.17, 15) is 9.59 Å². The summed E-state index contributed by atoms with van der Waals surface area (Å²) in [5.74, 6) is 0.303. The lowest BCUT2D eigenvalue weighted by atomic mass is 10.1. The van der Waals surface area contributed by atoms with E-state index in [1.165, 1.54) is 0 Å². The predicted molar refractivity (Wildman–Crippen MR) is 76.8 cm³/mol. The van der Waals surface area contributed by atoms with Crippen LogP contribution in [0.15, 0.2) is 54.6 Å². The smallest absolute Gasteiger partial charge is 0.343 e. The van der Waals surface area contributed by atoms with Gasteiger partial charge in [-0.25, -0.2) is 4.79 Å². The molecular weight excluding hydrogens is 252 g/mol. The fourth-order valence-corrected chi connectivity index (χ4v) is 1.78. The fourth-order valence-electron chi connectivity index (χ4n) is 1.78. The Balaban J connectivity index is 1.97. The predicted octanol–water partition coefficient (Wildman–Crippen LogP) is 3.43. The minimum Gasteiger partial charge on any atom is -0.423 e. The van der Waals surface area contributed by atoms with Crippen LogP contribution in [0.3, 0.4) is 0 Å². The summed E-state index contributed by atoms with van der Waals surface area (Å²) in [5, 5.41) is 0. The average Bonchev–Trinajstić information content (AvgIpc) is 2.47. The Labute approximate surface area is 118 Å². The summed E-state index contributed by atoms with van der Waals surface area (Å²) in [6, 6.07) is 16.1. The molecule has 0 bridgehead atoms. The molecule has 2 aromatic carbocycles. The first kappa shape index (κ1) is 14.0. The van der Waals surface area contributed by atoms with Crippen LogP contribution in [0.2, 0.25) is 0 Å². The number of aryl methyl sites for hydroxylation is 1. The Morgan fingerprint density at radius 1 is 0.950 bits per heavy atom. The van der Waals surface area contributed by atoms with Crippen molar-refractivity contribution in [2.24, 2.45) is 0 Å². The van der Waals surface area contributed by atoms with Gasteiger partial charge in [0, 0.05) is 6.42 Å². The number of esters is 1. The molecule has 0 heterocycles. The maximum absolute atomic E-state index is 11.8. The largest absolute Gasteiger partial charge is 0.423 e. The van der Waals surface area contributed by atoms with Crippen molar-refractivity contribution in [3.63, 3.8) is 0 Å². The van der Waals surface area contributed by atoms with Gasteiger partial charge in [0.2, 0.25) is 0 Å². The molecule has 0 saturated heterocycles. The number of Topliss-reactive ketones (excluding diaryl/α,β-unsaturated/α-hetero) is 1. The topological polar surface area (TPSA) is 43.4 Å². The van der Waals surface area contributed by atoms with Crippen LogP contribution in [0.1, 0.15) is 29.3 Å². The van der Waals surface area contributed by atoms with Crippen LogP contribution < -0.4 is 4.74 Å². The normalized spacial score (nSPS) is 10.1. The standard InChI is InChI=1S/C17H16O3/c1-13(18)7-8-14-9-11-16(12-10-14)20-17(19)15-5-3-2-4-6-15/h2-6,9-12H,7-8H2,1H3. The molecule has 0 amide bonds. The van der Waals surface area contributed by atoms with E-state index in [0.717, 1.165) is 5.56 Å². The number of carbonyl (C=O) groups is 2. The number of carbonyl (C=O) groups excluding carboxylic acids is 2. The van der Waals surface area contributed by atoms with Gasteiger partial charge in [-0.1, -0.05) is 30.3 Å². The molecule has 0 aliphatic carbocycles. The first-order chi connectivity index (χ1) is 9.65. The molecule has 3 nitrogen and oxygen atoms in total. The van der Waals surface area contributed by atoms with E-state index in [0.29, 0.717) is 24.2 Å². The molecule has 0 aliphatic heterocycles. The monoisotopic (exact) mass is 268 g/mol. The van der Waals surface area contributed by atoms with Crippen molar-refractivity contribution in [2.75, 3.05) is 0 Å². The third-order valence-corrected chi connectivity index (χ3v) is 2.91. The quantitative estimate of drug-likeness (QED) is 0.616. The maximum Gasteiger partial charge on any atom is 0.343 e. The van der Waals surface area contributed by atoms with E-state index in [1.54, 1.807) is 43.3 Å². The van der Waals surface area contributed by atoms with Crippen molar-refractivity contribution in [2.45, 2.75) is 19.8 Å². The van der Waals surface area contributed by atoms with E-state index in [1.807, 2.05) is 18.2 Å². The first-order valence-corrected chi connectivity index (χ1v) is 6.51. The zero-order chi connectivity index (χ0) is 14.4. The van der Waals surface area contributed by atoms with E-state index >= 15 is 0 Å². The lowest BCUT2D eigenvalue weighted by molar-refractivity contribution is -0.116. The molecular formula is C17H16O3. The molecule has 0 saturated carbocycles. The van der Waals surface area contributed by atoms with Gasteiger partial charge in [0.15, 0.2) is 0 Å². The number of ether oxygens (including phenoxy) is 1. The molecule has 2 aromatic rings. The summed E-state index contributed by atoms with van der Waals surface area (Å²) >= 11 is 0. The molecule has 0 spiro atoms. The van der Waals surface area contributed by atoms with Gasteiger partial charge in [-0.05, 0) is 43.2 Å². The SMILES string of the molecule is CC(=O)CCc1ccc(OC(=O)c2ccccc2)cc1. The Morgan fingerprint density at radius 3 is 2.20 bits per heavy atom. The van der Waals surface area contributed by atoms with Crippen LogP contribution >= 0.6 is 0 Å². The number of ketones is 1. The minimum atomic E-state index is -0.373. The van der Waals surface area contributed by atoms with E-state index in [2.05, 4.69) is 0 Å². The van der Waals surface area contributed by atoms with Gasteiger partial charge in [0.1, 0.15) is 11.5 Å². The molecule has 2 rings (SSSR count). The Hall–Kier alpha value is -2.42. The highest BCUT2D eigenvalue weighted by molar-refractivity contribution is 5.90. The molecule has 0 fully saturated rings. The van der Waals surface area contributed by atoms with Gasteiger partial charge >= 0.3 is 5.97 Å². The van der Waals surface area contributed by atoms with Gasteiger partial charge in [0.05, 0.1) is 5.56 Å². The van der Waals surface area contributed by atoms with Crippen molar-refractivity contribution in [3.8, 4) is 5.75 Å². The van der Waals surface area contributed by atoms with Gasteiger partial charge in [-0.15, -0.1) is 0 Å². The maximum atomic E-state index is 11.8. The second-order valence-electron chi connectivity index (χ2n) is 4.60. The third kappa shape index (κ3) is 4.05. The molecule has 0 aromatic heterocycles. The molecule has 0 unspecified atom stereocenters. The first-order valence-electron chi connectivity index (χ1n) is 6.51. The van der Waals surface area contributed by atoms with Crippen LogP contribution in [0, 0.1) is 0 Å². The summed E-state index contributed by atoms with van der Waals surface area (Å²) in [7, 11) is 0. The highest BCUT2D eigenvalue weighted by Crippen LogP contribution is 2.15. The van der Waals surface area contributed by atoms with Gasteiger partial charge in [-0.2, -0.15) is 0 Å². The van der Waals surface area contributed by atoms with Crippen molar-refractivity contribution in [1.82, 2.24) is 0 Å². The fraction of sp³-hybridized carbons (Fsp3) is 0.176. The Bertz CT molecular complexity index is 585. The van der Waals surface area contributed by atoms with Crippen LogP contribution in [0.5, 0.6) is 5.75 Å². The highest BCUT2D eigenvalue weighted by Gasteiger charge is 2.07. The van der Waals surface area contributed by atoms with Crippen molar-refractivity contribution < 1.29 is 14.3 Å². The number of benzene rings is 2. The summed E-state index contributed by atoms with van der Waals surface area (Å²) in [6.07, 6.45) is 1.24. The van der Waals surface area contributed by atoms with Crippen molar-refractivity contribution in [3.05, 3.63) is 65.7 Å². The number of hydrogen-bond acceptors (Lipinski definition) is 3. The molecule has 3 heteroatoms. The lowest BCUT2D eigenvalue weighted by Crippen LogP contribution is -2.08. The van der Waals surface area contributed by atoms with Crippen LogP contribution in [-0.4, -0.2) is 11.8 Å².